The summed E-state index contributed by atoms with van der Waals surface area (Å²) in [4.78, 5) is 72.8. The molecule has 0 saturated heterocycles. The fraction of sp³-hybridized carbons (Fsp3) is 0.948. The topological polar surface area (TPSA) is 237 Å². The Bertz CT molecular complexity index is 1860. The Hall–Kier alpha value is -1.94. The third-order valence-corrected chi connectivity index (χ3v) is 20.2. The first-order valence-corrected chi connectivity index (χ1v) is 43.0. The van der Waals surface area contributed by atoms with Gasteiger partial charge in [-0.2, -0.15) is 0 Å². The Balaban J connectivity index is 5.23. The number of esters is 4. The third-order valence-electron chi connectivity index (χ3n) is 18.3. The lowest BCUT2D eigenvalue weighted by Gasteiger charge is -2.21. The molecule has 0 aliphatic heterocycles. The van der Waals surface area contributed by atoms with Gasteiger partial charge in [0.25, 0.3) is 0 Å². The molecule has 0 spiro atoms. The summed E-state index contributed by atoms with van der Waals surface area (Å²) < 4.78 is 68.5. The van der Waals surface area contributed by atoms with E-state index < -0.39 is 97.5 Å². The van der Waals surface area contributed by atoms with Crippen molar-refractivity contribution in [2.75, 3.05) is 39.6 Å². The fourth-order valence-corrected chi connectivity index (χ4v) is 13.4. The summed E-state index contributed by atoms with van der Waals surface area (Å²) >= 11 is 0. The third kappa shape index (κ3) is 69.2. The molecule has 0 aliphatic rings. The van der Waals surface area contributed by atoms with E-state index in [0.29, 0.717) is 25.7 Å². The molecule has 0 radical (unpaired) electrons. The van der Waals surface area contributed by atoms with Crippen LogP contribution < -0.4 is 0 Å². The van der Waals surface area contributed by atoms with E-state index in [2.05, 4.69) is 41.5 Å². The maximum atomic E-state index is 13.1. The van der Waals surface area contributed by atoms with E-state index in [-0.39, 0.29) is 25.7 Å². The van der Waals surface area contributed by atoms with Crippen molar-refractivity contribution in [2.45, 2.75) is 419 Å². The zero-order valence-corrected chi connectivity index (χ0v) is 64.5. The van der Waals surface area contributed by atoms with E-state index in [0.717, 1.165) is 102 Å². The van der Waals surface area contributed by atoms with Crippen molar-refractivity contribution >= 4 is 39.5 Å². The molecule has 0 rings (SSSR count). The van der Waals surface area contributed by atoms with Crippen LogP contribution in [0.3, 0.4) is 0 Å². The Morgan fingerprint density at radius 1 is 0.302 bits per heavy atom. The van der Waals surface area contributed by atoms with E-state index in [9.17, 15) is 43.2 Å². The lowest BCUT2D eigenvalue weighted by Crippen LogP contribution is -2.30. The average molecular weight is 1410 g/mol. The highest BCUT2D eigenvalue weighted by Gasteiger charge is 2.30. The fourth-order valence-electron chi connectivity index (χ4n) is 11.8. The second-order valence-electron chi connectivity index (χ2n) is 28.5. The SMILES string of the molecule is CCCCCCCCCCCCCCCCCCCCCC(=O)O[C@H](COC(=O)CCCCCCCCCCCCCC(C)C)COP(=O)(O)OC[C@@H](O)COP(=O)(O)OC[C@@H](COC(=O)CCCCCCCCCCC)OC(=O)CCCCCCCCCCCCC(C)CC. The normalized spacial score (nSPS) is 14.3. The number of phosphoric ester groups is 2. The van der Waals surface area contributed by atoms with E-state index in [1.165, 1.54) is 218 Å². The summed E-state index contributed by atoms with van der Waals surface area (Å²) in [6, 6.07) is 0. The minimum Gasteiger partial charge on any atom is -0.462 e. The van der Waals surface area contributed by atoms with Crippen LogP contribution in [0.5, 0.6) is 0 Å². The lowest BCUT2D eigenvalue weighted by molar-refractivity contribution is -0.161. The minimum absolute atomic E-state index is 0.106. The largest absolute Gasteiger partial charge is 0.472 e. The average Bonchev–Trinajstić information content (AvgIpc) is 3.47. The number of aliphatic hydroxyl groups excluding tert-OH is 1. The summed E-state index contributed by atoms with van der Waals surface area (Å²) in [6.07, 6.45) is 56.8. The van der Waals surface area contributed by atoms with E-state index in [1.54, 1.807) is 0 Å². The second kappa shape index (κ2) is 68.8. The monoisotopic (exact) mass is 1410 g/mol. The second-order valence-corrected chi connectivity index (χ2v) is 31.4. The summed E-state index contributed by atoms with van der Waals surface area (Å²) in [5.74, 6) is -0.541. The molecule has 0 fully saturated rings. The van der Waals surface area contributed by atoms with Crippen molar-refractivity contribution in [1.82, 2.24) is 0 Å². The Morgan fingerprint density at radius 3 is 0.792 bits per heavy atom. The van der Waals surface area contributed by atoms with Gasteiger partial charge in [-0.1, -0.05) is 350 Å². The highest BCUT2D eigenvalue weighted by atomic mass is 31.2. The quantitative estimate of drug-likeness (QED) is 0.0222. The molecule has 0 saturated carbocycles. The van der Waals surface area contributed by atoms with Crippen LogP contribution in [0, 0.1) is 11.8 Å². The van der Waals surface area contributed by atoms with Crippen LogP contribution in [0.25, 0.3) is 0 Å². The van der Waals surface area contributed by atoms with Gasteiger partial charge in [0.15, 0.2) is 12.2 Å². The van der Waals surface area contributed by atoms with Gasteiger partial charge in [-0.25, -0.2) is 9.13 Å². The van der Waals surface area contributed by atoms with Gasteiger partial charge in [-0.05, 0) is 37.5 Å². The Labute approximate surface area is 588 Å². The lowest BCUT2D eigenvalue weighted by atomic mass is 9.99. The van der Waals surface area contributed by atoms with E-state index in [4.69, 9.17) is 37.0 Å². The van der Waals surface area contributed by atoms with Crippen molar-refractivity contribution < 1.29 is 80.2 Å². The van der Waals surface area contributed by atoms with Gasteiger partial charge in [-0.15, -0.1) is 0 Å². The summed E-state index contributed by atoms with van der Waals surface area (Å²) in [5.41, 5.74) is 0. The van der Waals surface area contributed by atoms with Gasteiger partial charge in [0.2, 0.25) is 0 Å². The van der Waals surface area contributed by atoms with Crippen molar-refractivity contribution in [3.05, 3.63) is 0 Å². The number of carbonyl (C=O) groups excluding carboxylic acids is 4. The molecule has 3 N–H and O–H groups in total. The van der Waals surface area contributed by atoms with Crippen molar-refractivity contribution in [3.8, 4) is 0 Å². The summed E-state index contributed by atoms with van der Waals surface area (Å²) in [7, 11) is -9.91. The number of hydrogen-bond acceptors (Lipinski definition) is 15. The highest BCUT2D eigenvalue weighted by molar-refractivity contribution is 7.47. The Morgan fingerprint density at radius 2 is 0.531 bits per heavy atom. The number of ether oxygens (including phenoxy) is 4. The molecule has 0 aliphatic carbocycles. The molecule has 0 aromatic rings. The van der Waals surface area contributed by atoms with Crippen molar-refractivity contribution in [1.29, 1.82) is 0 Å². The molecule has 570 valence electrons. The molecule has 6 atom stereocenters. The first-order chi connectivity index (χ1) is 46.4. The van der Waals surface area contributed by atoms with Crippen molar-refractivity contribution in [2.24, 2.45) is 11.8 Å². The molecular weight excluding hydrogens is 1260 g/mol. The van der Waals surface area contributed by atoms with Crippen LogP contribution >= 0.6 is 15.6 Å². The minimum atomic E-state index is -4.96. The first kappa shape index (κ1) is 94.1. The van der Waals surface area contributed by atoms with Crippen molar-refractivity contribution in [3.63, 3.8) is 0 Å². The van der Waals surface area contributed by atoms with Crippen LogP contribution in [0.15, 0.2) is 0 Å². The van der Waals surface area contributed by atoms with Crippen LogP contribution in [-0.2, 0) is 65.4 Å². The van der Waals surface area contributed by atoms with Gasteiger partial charge in [-0.3, -0.25) is 37.3 Å². The number of phosphoric acid groups is 2. The smallest absolute Gasteiger partial charge is 0.462 e. The maximum Gasteiger partial charge on any atom is 0.472 e. The summed E-state index contributed by atoms with van der Waals surface area (Å²) in [6.45, 7) is 9.62. The van der Waals surface area contributed by atoms with Crippen LogP contribution in [0.1, 0.15) is 401 Å². The number of aliphatic hydroxyl groups is 1. The molecule has 3 unspecified atom stereocenters. The summed E-state index contributed by atoms with van der Waals surface area (Å²) in [5, 5.41) is 10.6. The number of carbonyl (C=O) groups is 4. The highest BCUT2D eigenvalue weighted by Crippen LogP contribution is 2.45. The van der Waals surface area contributed by atoms with Crippen LogP contribution in [0.2, 0.25) is 0 Å². The van der Waals surface area contributed by atoms with E-state index in [1.807, 2.05) is 0 Å². The predicted molar refractivity (Wildman–Crippen MR) is 391 cm³/mol. The predicted octanol–water partition coefficient (Wildman–Crippen LogP) is 22.7. The van der Waals surface area contributed by atoms with Gasteiger partial charge in [0.1, 0.15) is 19.3 Å². The van der Waals surface area contributed by atoms with Gasteiger partial charge in [0.05, 0.1) is 26.4 Å². The molecule has 17 nitrogen and oxygen atoms in total. The molecule has 0 amide bonds. The first-order valence-electron chi connectivity index (χ1n) is 40.0. The molecule has 0 bridgehead atoms. The standard InChI is InChI=1S/C77H150O17P2/c1-7-10-12-14-16-18-19-20-21-22-23-24-25-26-29-37-43-49-55-61-76(81)93-73(66-88-75(80)60-54-48-42-36-30-27-28-34-39-45-51-57-69(4)5)68-92-96(85,86)90-64-71(78)63-89-95(83,84)91-67-72(65-87-74(79)59-53-47-41-33-17-15-13-11-8-2)94-77(82)62-56-50-44-38-32-31-35-40-46-52-58-70(6)9-3/h69-73,78H,7-68H2,1-6H3,(H,83,84)(H,85,86)/t70?,71-,72+,73+/m0/s1. The van der Waals surface area contributed by atoms with E-state index >= 15 is 0 Å². The van der Waals surface area contributed by atoms with Gasteiger partial charge >= 0.3 is 39.5 Å². The van der Waals surface area contributed by atoms with Gasteiger partial charge in [0, 0.05) is 25.7 Å². The number of rotatable bonds is 76. The zero-order chi connectivity index (χ0) is 70.7. The maximum absolute atomic E-state index is 13.1. The molecule has 0 aromatic carbocycles. The molecule has 96 heavy (non-hydrogen) atoms. The molecule has 0 heterocycles. The Kier molecular flexibility index (Phi) is 67.4. The zero-order valence-electron chi connectivity index (χ0n) is 62.7. The molecule has 0 aromatic heterocycles. The number of unbranched alkanes of at least 4 members (excludes halogenated alkanes) is 45. The van der Waals surface area contributed by atoms with Gasteiger partial charge < -0.3 is 33.8 Å². The number of hydrogen-bond donors (Lipinski definition) is 3. The molecule has 19 heteroatoms. The van der Waals surface area contributed by atoms with Crippen LogP contribution in [0.4, 0.5) is 0 Å². The molecular formula is C77H150O17P2. The van der Waals surface area contributed by atoms with Crippen LogP contribution in [-0.4, -0.2) is 96.7 Å².